The molecule has 0 aliphatic carbocycles. The lowest BCUT2D eigenvalue weighted by atomic mass is 10.2. The average molecular weight is 460 g/mol. The summed E-state index contributed by atoms with van der Waals surface area (Å²) >= 11 is 8.37. The van der Waals surface area contributed by atoms with Crippen LogP contribution < -0.4 is 10.9 Å². The Labute approximate surface area is 184 Å². The molecule has 1 N–H and O–H groups in total. The van der Waals surface area contributed by atoms with Crippen molar-refractivity contribution in [2.24, 2.45) is 0 Å². The third-order valence-electron chi connectivity index (χ3n) is 4.29. The second-order valence-electron chi connectivity index (χ2n) is 6.45. The Bertz CT molecular complexity index is 1320. The first-order chi connectivity index (χ1) is 14.4. The molecule has 0 radical (unpaired) electrons. The van der Waals surface area contributed by atoms with E-state index in [2.05, 4.69) is 10.3 Å². The Hall–Kier alpha value is -2.68. The van der Waals surface area contributed by atoms with Gasteiger partial charge in [0.15, 0.2) is 5.16 Å². The molecule has 0 atom stereocenters. The second kappa shape index (κ2) is 8.59. The number of carbonyl (C=O) groups is 1. The summed E-state index contributed by atoms with van der Waals surface area (Å²) in [6, 6.07) is 13.0. The van der Waals surface area contributed by atoms with E-state index >= 15 is 0 Å². The molecule has 30 heavy (non-hydrogen) atoms. The second-order valence-corrected chi connectivity index (χ2v) is 8.75. The van der Waals surface area contributed by atoms with Gasteiger partial charge in [0.05, 0.1) is 17.0 Å². The van der Waals surface area contributed by atoms with Crippen LogP contribution in [0, 0.1) is 12.7 Å². The Morgan fingerprint density at radius 3 is 2.87 bits per heavy atom. The fraction of sp³-hybridized carbons (Fsp3) is 0.0952. The number of nitrogens with one attached hydrogen (secondary N) is 1. The number of hydrogen-bond donors (Lipinski definition) is 1. The number of carbonyl (C=O) groups excluding carboxylic acids is 1. The summed E-state index contributed by atoms with van der Waals surface area (Å²) in [6.07, 6.45) is 0. The molecule has 152 valence electrons. The predicted molar refractivity (Wildman–Crippen MR) is 121 cm³/mol. The van der Waals surface area contributed by atoms with Gasteiger partial charge in [-0.15, -0.1) is 11.3 Å². The summed E-state index contributed by atoms with van der Waals surface area (Å²) in [5, 5.41) is 5.44. The summed E-state index contributed by atoms with van der Waals surface area (Å²) in [5.41, 5.74) is 1.82. The highest BCUT2D eigenvalue weighted by Gasteiger charge is 2.16. The number of thioether (sulfide) groups is 1. The van der Waals surface area contributed by atoms with Crippen LogP contribution in [0.5, 0.6) is 0 Å². The zero-order valence-electron chi connectivity index (χ0n) is 15.7. The van der Waals surface area contributed by atoms with Crippen molar-refractivity contribution < 1.29 is 9.18 Å². The highest BCUT2D eigenvalue weighted by atomic mass is 35.5. The molecule has 0 bridgehead atoms. The largest absolute Gasteiger partial charge is 0.325 e. The lowest BCUT2D eigenvalue weighted by Crippen LogP contribution is -2.22. The topological polar surface area (TPSA) is 64.0 Å². The molecule has 0 aliphatic heterocycles. The van der Waals surface area contributed by atoms with Crippen molar-refractivity contribution in [3.05, 3.63) is 80.7 Å². The van der Waals surface area contributed by atoms with E-state index in [4.69, 9.17) is 11.6 Å². The van der Waals surface area contributed by atoms with Gasteiger partial charge < -0.3 is 5.32 Å². The van der Waals surface area contributed by atoms with Crippen LogP contribution >= 0.6 is 34.7 Å². The number of hydrogen-bond acceptors (Lipinski definition) is 5. The molecule has 0 unspecified atom stereocenters. The number of aromatic nitrogens is 2. The number of amides is 1. The number of benzene rings is 2. The van der Waals surface area contributed by atoms with Crippen molar-refractivity contribution in [3.8, 4) is 5.69 Å². The highest BCUT2D eigenvalue weighted by molar-refractivity contribution is 7.99. The van der Waals surface area contributed by atoms with E-state index in [-0.39, 0.29) is 23.0 Å². The van der Waals surface area contributed by atoms with E-state index in [0.717, 1.165) is 11.8 Å². The van der Waals surface area contributed by atoms with Crippen molar-refractivity contribution in [3.63, 3.8) is 0 Å². The zero-order chi connectivity index (χ0) is 21.3. The first-order valence-electron chi connectivity index (χ1n) is 8.87. The summed E-state index contributed by atoms with van der Waals surface area (Å²) in [7, 11) is 0. The zero-order valence-corrected chi connectivity index (χ0v) is 18.1. The van der Waals surface area contributed by atoms with Crippen LogP contribution in [0.1, 0.15) is 5.56 Å². The minimum absolute atomic E-state index is 0.0365. The van der Waals surface area contributed by atoms with E-state index in [0.29, 0.717) is 37.3 Å². The average Bonchev–Trinajstić information content (AvgIpc) is 3.18. The van der Waals surface area contributed by atoms with E-state index in [1.807, 2.05) is 0 Å². The van der Waals surface area contributed by atoms with Crippen LogP contribution in [0.2, 0.25) is 5.02 Å². The van der Waals surface area contributed by atoms with Gasteiger partial charge in [-0.25, -0.2) is 9.37 Å². The molecule has 0 spiro atoms. The number of aryl methyl sites for hydroxylation is 1. The summed E-state index contributed by atoms with van der Waals surface area (Å²) < 4.78 is 15.7. The van der Waals surface area contributed by atoms with Crippen LogP contribution in [0.3, 0.4) is 0 Å². The minimum Gasteiger partial charge on any atom is -0.325 e. The monoisotopic (exact) mass is 459 g/mol. The number of anilines is 1. The van der Waals surface area contributed by atoms with E-state index in [1.165, 1.54) is 28.0 Å². The summed E-state index contributed by atoms with van der Waals surface area (Å²) in [4.78, 5) is 30.1. The Kier molecular flexibility index (Phi) is 5.90. The fourth-order valence-electron chi connectivity index (χ4n) is 2.88. The maximum atomic E-state index is 13.7. The Morgan fingerprint density at radius 1 is 1.27 bits per heavy atom. The number of nitrogens with zero attached hydrogens (tertiary/aromatic N) is 2. The molecule has 2 aromatic carbocycles. The SMILES string of the molecule is Cc1cc(-n2c(SCC(=O)Nc3cccc(Cl)c3)nc3ccsc3c2=O)ccc1F. The Morgan fingerprint density at radius 2 is 2.10 bits per heavy atom. The third-order valence-corrected chi connectivity index (χ3v) is 6.35. The molecule has 0 fully saturated rings. The van der Waals surface area contributed by atoms with Crippen molar-refractivity contribution in [2.75, 3.05) is 11.1 Å². The van der Waals surface area contributed by atoms with Gasteiger partial charge in [0.1, 0.15) is 10.5 Å². The maximum absolute atomic E-state index is 13.7. The molecule has 0 aliphatic rings. The Balaban J connectivity index is 1.66. The van der Waals surface area contributed by atoms with Gasteiger partial charge in [0.25, 0.3) is 5.56 Å². The molecule has 1 amide bonds. The fourth-order valence-corrected chi connectivity index (χ4v) is 4.64. The number of rotatable bonds is 5. The van der Waals surface area contributed by atoms with Crippen molar-refractivity contribution in [2.45, 2.75) is 12.1 Å². The first kappa shape index (κ1) is 20.6. The van der Waals surface area contributed by atoms with Gasteiger partial charge in [0.2, 0.25) is 5.91 Å². The molecular formula is C21H15ClFN3O2S2. The smallest absolute Gasteiger partial charge is 0.276 e. The van der Waals surface area contributed by atoms with Crippen molar-refractivity contribution in [1.82, 2.24) is 9.55 Å². The van der Waals surface area contributed by atoms with Crippen LogP contribution in [-0.4, -0.2) is 21.2 Å². The quantitative estimate of drug-likeness (QED) is 0.326. The third kappa shape index (κ3) is 4.26. The maximum Gasteiger partial charge on any atom is 0.276 e. The highest BCUT2D eigenvalue weighted by Crippen LogP contribution is 2.25. The van der Waals surface area contributed by atoms with Gasteiger partial charge in [-0.05, 0) is 60.3 Å². The molecular weight excluding hydrogens is 445 g/mol. The van der Waals surface area contributed by atoms with Gasteiger partial charge in [-0.2, -0.15) is 0 Å². The van der Waals surface area contributed by atoms with Crippen LogP contribution in [0.15, 0.2) is 63.9 Å². The molecule has 0 saturated carbocycles. The van der Waals surface area contributed by atoms with Crippen LogP contribution in [0.25, 0.3) is 15.9 Å². The molecule has 2 heterocycles. The first-order valence-corrected chi connectivity index (χ1v) is 11.1. The van der Waals surface area contributed by atoms with E-state index in [9.17, 15) is 14.0 Å². The van der Waals surface area contributed by atoms with E-state index < -0.39 is 0 Å². The van der Waals surface area contributed by atoms with Gasteiger partial charge in [-0.3, -0.25) is 14.2 Å². The van der Waals surface area contributed by atoms with Gasteiger partial charge in [0, 0.05) is 10.7 Å². The minimum atomic E-state index is -0.355. The predicted octanol–water partition coefficient (Wildman–Crippen LogP) is 5.28. The lowest BCUT2D eigenvalue weighted by molar-refractivity contribution is -0.113. The lowest BCUT2D eigenvalue weighted by Gasteiger charge is -2.13. The molecule has 2 aromatic heterocycles. The normalized spacial score (nSPS) is 11.0. The molecule has 4 aromatic rings. The van der Waals surface area contributed by atoms with Crippen molar-refractivity contribution >= 4 is 56.5 Å². The molecule has 9 heteroatoms. The standard InChI is InChI=1S/C21H15ClFN3O2S2/c1-12-9-15(5-6-16(12)23)26-20(28)19-17(7-8-29-19)25-21(26)30-11-18(27)24-14-4-2-3-13(22)10-14/h2-10H,11H2,1H3,(H,24,27). The number of fused-ring (bicyclic) bond motifs is 1. The summed E-state index contributed by atoms with van der Waals surface area (Å²) in [5.74, 6) is -0.578. The van der Waals surface area contributed by atoms with Crippen LogP contribution in [-0.2, 0) is 4.79 Å². The van der Waals surface area contributed by atoms with Gasteiger partial charge >= 0.3 is 0 Å². The van der Waals surface area contributed by atoms with Crippen LogP contribution in [0.4, 0.5) is 10.1 Å². The summed E-state index contributed by atoms with van der Waals surface area (Å²) in [6.45, 7) is 1.63. The van der Waals surface area contributed by atoms with Crippen molar-refractivity contribution in [1.29, 1.82) is 0 Å². The molecule has 0 saturated heterocycles. The number of halogens is 2. The van der Waals surface area contributed by atoms with Gasteiger partial charge in [-0.1, -0.05) is 29.4 Å². The number of thiophene rings is 1. The molecule has 5 nitrogen and oxygen atoms in total. The molecule has 4 rings (SSSR count). The van der Waals surface area contributed by atoms with E-state index in [1.54, 1.807) is 48.7 Å².